The van der Waals surface area contributed by atoms with Gasteiger partial charge in [-0.05, 0) is 25.0 Å². The summed E-state index contributed by atoms with van der Waals surface area (Å²) < 4.78 is 5.54. The molecule has 0 spiro atoms. The number of imide groups is 1. The fraction of sp³-hybridized carbons (Fsp3) is 0.385. The average molecular weight is 259 g/mol. The Morgan fingerprint density at radius 1 is 1.26 bits per heavy atom. The Morgan fingerprint density at radius 2 is 2.05 bits per heavy atom. The largest absolute Gasteiger partial charge is 0.398 e. The van der Waals surface area contributed by atoms with E-state index in [-0.39, 0.29) is 30.3 Å². The number of ether oxygens (including phenoxy) is 1. The maximum atomic E-state index is 12.4. The number of nitrogens with two attached hydrogens (primary N) is 1. The van der Waals surface area contributed by atoms with Crippen LogP contribution in [0.15, 0.2) is 18.2 Å². The molecule has 6 nitrogen and oxygen atoms in total. The lowest BCUT2D eigenvalue weighted by molar-refractivity contribution is -0.214. The van der Waals surface area contributed by atoms with Crippen molar-refractivity contribution in [3.8, 4) is 0 Å². The van der Waals surface area contributed by atoms with Gasteiger partial charge in [-0.2, -0.15) is 0 Å². The molecular weight excluding hydrogens is 246 g/mol. The van der Waals surface area contributed by atoms with Gasteiger partial charge in [-0.1, -0.05) is 6.07 Å². The number of nitrogen functional groups attached to an aromatic ring is 1. The normalized spacial score (nSPS) is 32.2. The van der Waals surface area contributed by atoms with E-state index in [4.69, 9.17) is 10.5 Å². The number of carbonyl (C=O) groups excluding carboxylic acids is 2. The van der Waals surface area contributed by atoms with E-state index in [2.05, 4.69) is 5.32 Å². The molecule has 0 aliphatic carbocycles. The number of benzene rings is 1. The van der Waals surface area contributed by atoms with Gasteiger partial charge in [-0.3, -0.25) is 19.8 Å². The van der Waals surface area contributed by atoms with Crippen molar-refractivity contribution in [1.29, 1.82) is 0 Å². The number of piperidine rings is 1. The molecule has 5 rings (SSSR count). The number of carbonyl (C=O) groups is 2. The fourth-order valence-corrected chi connectivity index (χ4v) is 3.09. The van der Waals surface area contributed by atoms with Gasteiger partial charge in [0.25, 0.3) is 11.8 Å². The van der Waals surface area contributed by atoms with Gasteiger partial charge < -0.3 is 10.5 Å². The predicted octanol–water partition coefficient (Wildman–Crippen LogP) is 0.299. The number of nitrogens with zero attached hydrogens (tertiary/aromatic N) is 1. The van der Waals surface area contributed by atoms with Gasteiger partial charge in [0.05, 0.1) is 17.2 Å². The first-order valence-electron chi connectivity index (χ1n) is 6.34. The van der Waals surface area contributed by atoms with E-state index in [1.165, 1.54) is 4.90 Å². The van der Waals surface area contributed by atoms with E-state index in [0.29, 0.717) is 16.8 Å². The highest BCUT2D eigenvalue weighted by atomic mass is 16.6. The molecule has 3 unspecified atom stereocenters. The molecule has 1 aromatic rings. The predicted molar refractivity (Wildman–Crippen MR) is 66.2 cm³/mol. The van der Waals surface area contributed by atoms with Gasteiger partial charge in [0, 0.05) is 5.69 Å². The van der Waals surface area contributed by atoms with Gasteiger partial charge in [-0.15, -0.1) is 0 Å². The Balaban J connectivity index is 1.74. The maximum absolute atomic E-state index is 12.4. The number of fused-ring (bicyclic) bond motifs is 3. The maximum Gasteiger partial charge on any atom is 0.264 e. The molecule has 4 heterocycles. The van der Waals surface area contributed by atoms with Crippen LogP contribution in [0.5, 0.6) is 0 Å². The molecule has 4 aliphatic heterocycles. The zero-order valence-corrected chi connectivity index (χ0v) is 10.1. The van der Waals surface area contributed by atoms with Gasteiger partial charge in [0.2, 0.25) is 0 Å². The second kappa shape index (κ2) is 3.55. The summed E-state index contributed by atoms with van der Waals surface area (Å²) in [5.41, 5.74) is 6.89. The number of amides is 2. The Kier molecular flexibility index (Phi) is 2.05. The number of rotatable bonds is 1. The summed E-state index contributed by atoms with van der Waals surface area (Å²) in [4.78, 5) is 26.1. The Bertz CT molecular complexity index is 592. The fourth-order valence-electron chi connectivity index (χ4n) is 3.09. The highest BCUT2D eigenvalue weighted by Gasteiger charge is 2.50. The first kappa shape index (κ1) is 11.0. The van der Waals surface area contributed by atoms with Gasteiger partial charge in [0.15, 0.2) is 0 Å². The van der Waals surface area contributed by atoms with Crippen molar-refractivity contribution in [2.75, 3.05) is 5.73 Å². The van der Waals surface area contributed by atoms with E-state index in [9.17, 15) is 9.59 Å². The lowest BCUT2D eigenvalue weighted by Gasteiger charge is -2.49. The van der Waals surface area contributed by atoms with E-state index >= 15 is 0 Å². The molecule has 98 valence electrons. The average Bonchev–Trinajstić information content (AvgIpc) is 2.62. The van der Waals surface area contributed by atoms with Crippen LogP contribution < -0.4 is 11.1 Å². The smallest absolute Gasteiger partial charge is 0.264 e. The summed E-state index contributed by atoms with van der Waals surface area (Å²) in [5, 5.41) is 3.19. The van der Waals surface area contributed by atoms with Gasteiger partial charge >= 0.3 is 0 Å². The third-order valence-corrected chi connectivity index (χ3v) is 4.05. The first-order valence-corrected chi connectivity index (χ1v) is 6.34. The zero-order valence-electron chi connectivity index (χ0n) is 10.1. The van der Waals surface area contributed by atoms with Gasteiger partial charge in [-0.25, -0.2) is 0 Å². The van der Waals surface area contributed by atoms with Crippen molar-refractivity contribution < 1.29 is 14.3 Å². The molecule has 0 radical (unpaired) electrons. The summed E-state index contributed by atoms with van der Waals surface area (Å²) in [6.45, 7) is 0. The minimum Gasteiger partial charge on any atom is -0.398 e. The van der Waals surface area contributed by atoms with Crippen LogP contribution in [-0.4, -0.2) is 35.2 Å². The lowest BCUT2D eigenvalue weighted by Crippen LogP contribution is -2.69. The highest BCUT2D eigenvalue weighted by molar-refractivity contribution is 6.23. The quantitative estimate of drug-likeness (QED) is 0.559. The third-order valence-electron chi connectivity index (χ3n) is 4.05. The summed E-state index contributed by atoms with van der Waals surface area (Å²) in [6.07, 6.45) is 1.43. The molecule has 2 bridgehead atoms. The van der Waals surface area contributed by atoms with Crippen molar-refractivity contribution >= 4 is 17.5 Å². The Labute approximate surface area is 109 Å². The standard InChI is InChI=1S/C13H13N3O3/c14-7-3-1-2-6-10(7)13(18)16(12(6)17)8-4-5-9-15-11(8)19-9/h1-3,8-9,11,15H,4-5,14H2. The molecule has 0 aromatic heterocycles. The topological polar surface area (TPSA) is 84.7 Å². The van der Waals surface area contributed by atoms with Crippen LogP contribution >= 0.6 is 0 Å². The van der Waals surface area contributed by atoms with E-state index in [0.717, 1.165) is 12.8 Å². The molecular formula is C13H13N3O3. The highest BCUT2D eigenvalue weighted by Crippen LogP contribution is 2.35. The first-order chi connectivity index (χ1) is 9.16. The molecule has 0 saturated carbocycles. The monoisotopic (exact) mass is 259 g/mol. The number of anilines is 1. The van der Waals surface area contributed by atoms with E-state index in [1.807, 2.05) is 0 Å². The van der Waals surface area contributed by atoms with Crippen molar-refractivity contribution in [2.24, 2.45) is 0 Å². The number of hydrogen-bond donors (Lipinski definition) is 2. The SMILES string of the molecule is Nc1cccc2c1C(=O)N(C1CCC3NC1O3)C2=O. The molecule has 3 N–H and O–H groups in total. The Morgan fingerprint density at radius 3 is 2.68 bits per heavy atom. The van der Waals surface area contributed by atoms with E-state index < -0.39 is 0 Å². The second-order valence-corrected chi connectivity index (χ2v) is 5.11. The Hall–Kier alpha value is -1.92. The van der Waals surface area contributed by atoms with Crippen molar-refractivity contribution in [3.63, 3.8) is 0 Å². The zero-order chi connectivity index (χ0) is 13.1. The van der Waals surface area contributed by atoms with Crippen molar-refractivity contribution in [2.45, 2.75) is 31.3 Å². The van der Waals surface area contributed by atoms with Crippen LogP contribution in [0.4, 0.5) is 5.69 Å². The van der Waals surface area contributed by atoms with Crippen LogP contribution in [0.1, 0.15) is 33.6 Å². The van der Waals surface area contributed by atoms with Gasteiger partial charge in [0.1, 0.15) is 12.5 Å². The summed E-state index contributed by atoms with van der Waals surface area (Å²) in [7, 11) is 0. The minimum absolute atomic E-state index is 0.0847. The second-order valence-electron chi connectivity index (χ2n) is 5.11. The number of hydrogen-bond acceptors (Lipinski definition) is 5. The van der Waals surface area contributed by atoms with Crippen LogP contribution in [-0.2, 0) is 4.74 Å². The molecule has 3 saturated heterocycles. The summed E-state index contributed by atoms with van der Waals surface area (Å²) in [6, 6.07) is 4.74. The molecule has 3 atom stereocenters. The minimum atomic E-state index is -0.307. The van der Waals surface area contributed by atoms with Crippen LogP contribution in [0.25, 0.3) is 0 Å². The van der Waals surface area contributed by atoms with Crippen LogP contribution in [0.2, 0.25) is 0 Å². The lowest BCUT2D eigenvalue weighted by atomic mass is 9.98. The molecule has 2 amide bonds. The number of nitrogens with one attached hydrogen (secondary N) is 1. The van der Waals surface area contributed by atoms with Crippen molar-refractivity contribution in [1.82, 2.24) is 10.2 Å². The molecule has 1 aromatic carbocycles. The molecule has 3 fully saturated rings. The third kappa shape index (κ3) is 1.32. The summed E-state index contributed by atoms with van der Waals surface area (Å²) in [5.74, 6) is -0.577. The van der Waals surface area contributed by atoms with Crippen molar-refractivity contribution in [3.05, 3.63) is 29.3 Å². The molecule has 19 heavy (non-hydrogen) atoms. The summed E-state index contributed by atoms with van der Waals surface area (Å²) >= 11 is 0. The van der Waals surface area contributed by atoms with E-state index in [1.54, 1.807) is 18.2 Å². The molecule has 4 aliphatic rings. The molecule has 6 heteroatoms. The van der Waals surface area contributed by atoms with Crippen LogP contribution in [0, 0.1) is 0 Å². The van der Waals surface area contributed by atoms with Crippen LogP contribution in [0.3, 0.4) is 0 Å².